The maximum atomic E-state index is 13.0. The van der Waals surface area contributed by atoms with Gasteiger partial charge in [-0.15, -0.1) is 0 Å². The van der Waals surface area contributed by atoms with Crippen LogP contribution in [0.25, 0.3) is 10.9 Å². The van der Waals surface area contributed by atoms with Crippen molar-refractivity contribution in [2.45, 2.75) is 0 Å². The van der Waals surface area contributed by atoms with Crippen LogP contribution in [0.15, 0.2) is 16.9 Å². The molecule has 5 heteroatoms. The lowest BCUT2D eigenvalue weighted by molar-refractivity contribution is 0.636. The molecule has 0 radical (unpaired) electrons. The maximum absolute atomic E-state index is 13.0. The van der Waals surface area contributed by atoms with Crippen LogP contribution in [0.1, 0.15) is 0 Å². The van der Waals surface area contributed by atoms with E-state index >= 15 is 0 Å². The Bertz CT molecular complexity index is 488. The number of aromatic nitrogens is 2. The second-order valence-corrected chi connectivity index (χ2v) is 2.83. The molecule has 0 unspecified atom stereocenters. The molecule has 0 saturated heterocycles. The number of fused-ring (bicyclic) bond motifs is 1. The van der Waals surface area contributed by atoms with E-state index in [0.29, 0.717) is 0 Å². The summed E-state index contributed by atoms with van der Waals surface area (Å²) in [4.78, 5) is 11.0. The molecular weight excluding hydrogens is 183 g/mol. The van der Waals surface area contributed by atoms with Crippen molar-refractivity contribution in [3.05, 3.63) is 33.3 Å². The molecule has 0 atom stereocenters. The molecule has 1 aromatic heterocycles. The highest BCUT2D eigenvalue weighted by molar-refractivity contribution is 6.31. The Morgan fingerprint density at radius 2 is 2.08 bits per heavy atom. The monoisotopic (exact) mass is 186 g/mol. The molecule has 2 N–H and O–H groups in total. The van der Waals surface area contributed by atoms with E-state index in [1.165, 1.54) is 6.07 Å². The van der Waals surface area contributed by atoms with Crippen molar-refractivity contribution in [1.82, 2.24) is 10.2 Å². The van der Waals surface area contributed by atoms with Crippen LogP contribution in [0.5, 0.6) is 0 Å². The van der Waals surface area contributed by atoms with Gasteiger partial charge in [-0.2, -0.15) is 0 Å². The van der Waals surface area contributed by atoms with Gasteiger partial charge in [-0.25, -0.2) is 4.39 Å². The topological polar surface area (TPSA) is 48.6 Å². The van der Waals surface area contributed by atoms with E-state index in [9.17, 15) is 9.18 Å². The molecule has 3 nitrogen and oxygen atoms in total. The second-order valence-electron chi connectivity index (χ2n) is 2.39. The summed E-state index contributed by atoms with van der Waals surface area (Å²) >= 11 is 5.55. The summed E-state index contributed by atoms with van der Waals surface area (Å²) in [5.41, 5.74) is -0.212. The SMILES string of the molecule is O=c1[nH][nH]c2c(F)cc(Cl)cc12. The van der Waals surface area contributed by atoms with Crippen LogP contribution >= 0.6 is 11.6 Å². The number of hydrogen-bond acceptors (Lipinski definition) is 1. The first-order chi connectivity index (χ1) is 5.68. The van der Waals surface area contributed by atoms with Crippen LogP contribution < -0.4 is 5.56 Å². The minimum Gasteiger partial charge on any atom is -0.295 e. The summed E-state index contributed by atoms with van der Waals surface area (Å²) < 4.78 is 13.0. The number of nitrogens with one attached hydrogen (secondary N) is 2. The Kier molecular flexibility index (Phi) is 1.44. The highest BCUT2D eigenvalue weighted by Gasteiger charge is 2.06. The highest BCUT2D eigenvalue weighted by Crippen LogP contribution is 2.17. The molecule has 0 spiro atoms. The van der Waals surface area contributed by atoms with Crippen molar-refractivity contribution < 1.29 is 4.39 Å². The quantitative estimate of drug-likeness (QED) is 0.646. The zero-order chi connectivity index (χ0) is 8.72. The fourth-order valence-electron chi connectivity index (χ4n) is 1.07. The molecule has 0 bridgehead atoms. The number of hydrogen-bond donors (Lipinski definition) is 2. The van der Waals surface area contributed by atoms with Crippen molar-refractivity contribution in [2.75, 3.05) is 0 Å². The maximum Gasteiger partial charge on any atom is 0.271 e. The lowest BCUT2D eigenvalue weighted by atomic mass is 10.2. The molecule has 62 valence electrons. The van der Waals surface area contributed by atoms with Crippen LogP contribution in [-0.2, 0) is 0 Å². The molecule has 0 aliphatic rings. The van der Waals surface area contributed by atoms with E-state index in [-0.39, 0.29) is 21.5 Å². The van der Waals surface area contributed by atoms with Gasteiger partial charge in [-0.1, -0.05) is 11.6 Å². The fraction of sp³-hybridized carbons (Fsp3) is 0. The van der Waals surface area contributed by atoms with E-state index in [4.69, 9.17) is 11.6 Å². The summed E-state index contributed by atoms with van der Waals surface area (Å²) in [6, 6.07) is 2.56. The smallest absolute Gasteiger partial charge is 0.271 e. The molecule has 1 aromatic carbocycles. The summed E-state index contributed by atoms with van der Waals surface area (Å²) in [6.07, 6.45) is 0. The largest absolute Gasteiger partial charge is 0.295 e. The third-order valence-corrected chi connectivity index (χ3v) is 1.82. The molecule has 0 fully saturated rings. The molecule has 1 heterocycles. The first-order valence-electron chi connectivity index (χ1n) is 3.24. The zero-order valence-corrected chi connectivity index (χ0v) is 6.57. The summed E-state index contributed by atoms with van der Waals surface area (Å²) in [5, 5.41) is 5.13. The van der Waals surface area contributed by atoms with Gasteiger partial charge >= 0.3 is 0 Å². The minimum absolute atomic E-state index is 0.157. The van der Waals surface area contributed by atoms with Gasteiger partial charge in [0.2, 0.25) is 0 Å². The zero-order valence-electron chi connectivity index (χ0n) is 5.82. The van der Waals surface area contributed by atoms with E-state index in [0.717, 1.165) is 6.07 Å². The molecular formula is C7H4ClFN2O. The van der Waals surface area contributed by atoms with Crippen molar-refractivity contribution in [2.24, 2.45) is 0 Å². The average Bonchev–Trinajstić information content (AvgIpc) is 2.33. The standard InChI is InChI=1S/C7H4ClFN2O/c8-3-1-4-6(5(9)2-3)10-11-7(4)12/h1-2H,(H2,10,11,12). The number of benzene rings is 1. The number of H-pyrrole nitrogens is 2. The van der Waals surface area contributed by atoms with Crippen LogP contribution in [0.4, 0.5) is 4.39 Å². The molecule has 2 aromatic rings. The molecule has 12 heavy (non-hydrogen) atoms. The van der Waals surface area contributed by atoms with Crippen LogP contribution in [0, 0.1) is 5.82 Å². The molecule has 0 aliphatic heterocycles. The molecule has 0 saturated carbocycles. The van der Waals surface area contributed by atoms with Gasteiger partial charge in [0.15, 0.2) is 0 Å². The predicted molar refractivity (Wildman–Crippen MR) is 43.9 cm³/mol. The molecule has 0 amide bonds. The lowest BCUT2D eigenvalue weighted by Gasteiger charge is -1.91. The highest BCUT2D eigenvalue weighted by atomic mass is 35.5. The first-order valence-corrected chi connectivity index (χ1v) is 3.61. The van der Waals surface area contributed by atoms with Crippen molar-refractivity contribution in [3.8, 4) is 0 Å². The lowest BCUT2D eigenvalue weighted by Crippen LogP contribution is -1.97. The summed E-state index contributed by atoms with van der Waals surface area (Å²) in [6.45, 7) is 0. The Morgan fingerprint density at radius 1 is 1.33 bits per heavy atom. The molecule has 0 aliphatic carbocycles. The van der Waals surface area contributed by atoms with Crippen molar-refractivity contribution in [1.29, 1.82) is 0 Å². The Balaban J connectivity index is 3.02. The third kappa shape index (κ3) is 0.921. The van der Waals surface area contributed by atoms with Gasteiger partial charge in [-0.3, -0.25) is 15.0 Å². The van der Waals surface area contributed by atoms with Gasteiger partial charge in [-0.05, 0) is 12.1 Å². The van der Waals surface area contributed by atoms with Crippen LogP contribution in [0.3, 0.4) is 0 Å². The van der Waals surface area contributed by atoms with E-state index < -0.39 is 5.82 Å². The van der Waals surface area contributed by atoms with Gasteiger partial charge in [0.25, 0.3) is 5.56 Å². The molecule has 2 rings (SSSR count). The summed E-state index contributed by atoms with van der Waals surface area (Å²) in [5.74, 6) is -0.532. The van der Waals surface area contributed by atoms with Crippen molar-refractivity contribution >= 4 is 22.5 Å². The fourth-order valence-corrected chi connectivity index (χ4v) is 1.27. The normalized spacial score (nSPS) is 10.8. The Labute approximate surface area is 71.1 Å². The van der Waals surface area contributed by atoms with E-state index in [2.05, 4.69) is 10.2 Å². The average molecular weight is 187 g/mol. The van der Waals surface area contributed by atoms with Gasteiger partial charge in [0.1, 0.15) is 11.3 Å². The van der Waals surface area contributed by atoms with Gasteiger partial charge in [0.05, 0.1) is 5.39 Å². The van der Waals surface area contributed by atoms with Crippen molar-refractivity contribution in [3.63, 3.8) is 0 Å². The minimum atomic E-state index is -0.532. The first kappa shape index (κ1) is 7.36. The van der Waals surface area contributed by atoms with Gasteiger partial charge in [0, 0.05) is 5.02 Å². The number of aromatic amines is 2. The third-order valence-electron chi connectivity index (χ3n) is 1.60. The van der Waals surface area contributed by atoms with E-state index in [1.54, 1.807) is 0 Å². The van der Waals surface area contributed by atoms with E-state index in [1.807, 2.05) is 0 Å². The van der Waals surface area contributed by atoms with Gasteiger partial charge < -0.3 is 0 Å². The second kappa shape index (κ2) is 2.35. The number of halogens is 2. The Morgan fingerprint density at radius 3 is 2.83 bits per heavy atom. The van der Waals surface area contributed by atoms with Crippen LogP contribution in [0.2, 0.25) is 5.02 Å². The summed E-state index contributed by atoms with van der Waals surface area (Å²) in [7, 11) is 0. The predicted octanol–water partition coefficient (Wildman–Crippen LogP) is 1.65. The van der Waals surface area contributed by atoms with Crippen LogP contribution in [-0.4, -0.2) is 10.2 Å². The Hall–Kier alpha value is -1.29. The number of rotatable bonds is 0.